The first-order chi connectivity index (χ1) is 13.4. The Kier molecular flexibility index (Phi) is 4.95. The van der Waals surface area contributed by atoms with Crippen LogP contribution < -0.4 is 0 Å². The van der Waals surface area contributed by atoms with E-state index in [1.807, 2.05) is 6.92 Å². The zero-order chi connectivity index (χ0) is 19.9. The maximum atomic E-state index is 13.2. The van der Waals surface area contributed by atoms with Gasteiger partial charge in [0.2, 0.25) is 10.0 Å². The topological polar surface area (TPSA) is 89.8 Å². The Balaban J connectivity index is 1.66. The number of nitro benzene ring substituents is 1. The van der Waals surface area contributed by atoms with E-state index >= 15 is 0 Å². The lowest BCUT2D eigenvalue weighted by Gasteiger charge is -2.36. The van der Waals surface area contributed by atoms with E-state index in [9.17, 15) is 18.5 Å². The molecule has 0 aromatic heterocycles. The lowest BCUT2D eigenvalue weighted by atomic mass is 9.85. The average molecular weight is 402 g/mol. The van der Waals surface area contributed by atoms with Crippen LogP contribution in [0.4, 0.5) is 5.69 Å². The summed E-state index contributed by atoms with van der Waals surface area (Å²) >= 11 is 0. The highest BCUT2D eigenvalue weighted by Gasteiger charge is 2.48. The molecule has 28 heavy (non-hydrogen) atoms. The van der Waals surface area contributed by atoms with E-state index in [4.69, 9.17) is 4.74 Å². The number of hydrogen-bond acceptors (Lipinski definition) is 5. The Hall–Kier alpha value is -2.29. The van der Waals surface area contributed by atoms with E-state index < -0.39 is 21.1 Å². The minimum absolute atomic E-state index is 0.0213. The lowest BCUT2D eigenvalue weighted by molar-refractivity contribution is -0.386. The van der Waals surface area contributed by atoms with E-state index in [0.717, 1.165) is 5.56 Å². The molecule has 3 atom stereocenters. The number of para-hydroxylation sites is 1. The van der Waals surface area contributed by atoms with E-state index in [1.165, 1.54) is 6.07 Å². The van der Waals surface area contributed by atoms with Gasteiger partial charge in [0.05, 0.1) is 21.5 Å². The number of sulfonamides is 1. The summed E-state index contributed by atoms with van der Waals surface area (Å²) in [6, 6.07) is 13.2. The molecule has 0 radical (unpaired) electrons. The summed E-state index contributed by atoms with van der Waals surface area (Å²) in [6.07, 6.45) is 0.734. The SMILES string of the molecule is Cc1ccc(S(=O)(=O)N2CC[C@@H]3[C@H](c4ccccc4[N+](=O)[O-])OCC[C@@H]32)cc1. The second-order valence-electron chi connectivity index (χ2n) is 7.34. The molecule has 2 saturated heterocycles. The Morgan fingerprint density at radius 1 is 1.11 bits per heavy atom. The molecule has 7 nitrogen and oxygen atoms in total. The molecule has 8 heteroatoms. The quantitative estimate of drug-likeness (QED) is 0.577. The molecule has 2 fully saturated rings. The zero-order valence-corrected chi connectivity index (χ0v) is 16.3. The van der Waals surface area contributed by atoms with Gasteiger partial charge in [-0.05, 0) is 38.0 Å². The average Bonchev–Trinajstić information content (AvgIpc) is 3.13. The van der Waals surface area contributed by atoms with Crippen molar-refractivity contribution in [2.75, 3.05) is 13.2 Å². The van der Waals surface area contributed by atoms with Crippen LogP contribution in [0.25, 0.3) is 0 Å². The van der Waals surface area contributed by atoms with Gasteiger partial charge in [-0.2, -0.15) is 4.31 Å². The van der Waals surface area contributed by atoms with Crippen molar-refractivity contribution in [1.29, 1.82) is 0 Å². The zero-order valence-electron chi connectivity index (χ0n) is 15.5. The smallest absolute Gasteiger partial charge is 0.275 e. The third-order valence-electron chi connectivity index (χ3n) is 5.71. The number of rotatable bonds is 4. The monoisotopic (exact) mass is 402 g/mol. The molecule has 4 rings (SSSR count). The molecule has 0 saturated carbocycles. The van der Waals surface area contributed by atoms with Crippen LogP contribution in [0.1, 0.15) is 30.1 Å². The summed E-state index contributed by atoms with van der Waals surface area (Å²) in [5.74, 6) is -0.102. The Labute approximate surface area is 164 Å². The van der Waals surface area contributed by atoms with Crippen LogP contribution in [0, 0.1) is 23.0 Å². The summed E-state index contributed by atoms with van der Waals surface area (Å²) in [5, 5.41) is 11.4. The molecular formula is C20H22N2O5S. The van der Waals surface area contributed by atoms with Gasteiger partial charge in [0.15, 0.2) is 0 Å². The number of benzene rings is 2. The van der Waals surface area contributed by atoms with Crippen LogP contribution in [0.5, 0.6) is 0 Å². The fourth-order valence-electron chi connectivity index (χ4n) is 4.36. The number of ether oxygens (including phenoxy) is 1. The molecule has 2 heterocycles. The minimum atomic E-state index is -3.61. The highest BCUT2D eigenvalue weighted by atomic mass is 32.2. The summed E-state index contributed by atoms with van der Waals surface area (Å²) in [7, 11) is -3.61. The molecule has 0 aliphatic carbocycles. The normalized spacial score (nSPS) is 25.4. The standard InChI is InChI=1S/C20H22N2O5S/c1-14-6-8-15(9-7-14)28(25,26)21-12-10-17-18(21)11-13-27-20(17)16-4-2-3-5-19(16)22(23)24/h2-9,17-18,20H,10-13H2,1H3/t17-,18-,20-/m0/s1. The fraction of sp³-hybridized carbons (Fsp3) is 0.400. The highest BCUT2D eigenvalue weighted by Crippen LogP contribution is 2.46. The fourth-order valence-corrected chi connectivity index (χ4v) is 6.07. The maximum Gasteiger partial charge on any atom is 0.275 e. The van der Waals surface area contributed by atoms with Crippen molar-refractivity contribution in [2.45, 2.75) is 36.8 Å². The van der Waals surface area contributed by atoms with Crippen molar-refractivity contribution >= 4 is 15.7 Å². The van der Waals surface area contributed by atoms with E-state index in [2.05, 4.69) is 0 Å². The van der Waals surface area contributed by atoms with Gasteiger partial charge in [0.25, 0.3) is 5.69 Å². The van der Waals surface area contributed by atoms with Crippen molar-refractivity contribution in [3.05, 3.63) is 69.8 Å². The van der Waals surface area contributed by atoms with Gasteiger partial charge in [-0.15, -0.1) is 0 Å². The van der Waals surface area contributed by atoms with Crippen LogP contribution in [0.3, 0.4) is 0 Å². The van der Waals surface area contributed by atoms with E-state index in [-0.39, 0.29) is 22.5 Å². The van der Waals surface area contributed by atoms with Gasteiger partial charge in [-0.1, -0.05) is 29.8 Å². The third kappa shape index (κ3) is 3.21. The molecule has 148 valence electrons. The predicted octanol–water partition coefficient (Wildman–Crippen LogP) is 3.44. The third-order valence-corrected chi connectivity index (χ3v) is 7.65. The van der Waals surface area contributed by atoms with Crippen LogP contribution >= 0.6 is 0 Å². The molecule has 0 amide bonds. The first-order valence-electron chi connectivity index (χ1n) is 9.33. The van der Waals surface area contributed by atoms with Gasteiger partial charge in [-0.25, -0.2) is 8.42 Å². The predicted molar refractivity (Wildman–Crippen MR) is 103 cm³/mol. The summed E-state index contributed by atoms with van der Waals surface area (Å²) in [5.41, 5.74) is 1.55. The highest BCUT2D eigenvalue weighted by molar-refractivity contribution is 7.89. The van der Waals surface area contributed by atoms with Crippen molar-refractivity contribution in [1.82, 2.24) is 4.31 Å². The molecule has 0 bridgehead atoms. The van der Waals surface area contributed by atoms with Gasteiger partial charge >= 0.3 is 0 Å². The first kappa shape index (κ1) is 19.0. The molecule has 2 aromatic rings. The van der Waals surface area contributed by atoms with Gasteiger partial charge in [0, 0.05) is 31.2 Å². The molecule has 2 aromatic carbocycles. The van der Waals surface area contributed by atoms with Crippen molar-refractivity contribution in [3.8, 4) is 0 Å². The van der Waals surface area contributed by atoms with E-state index in [1.54, 1.807) is 46.8 Å². The van der Waals surface area contributed by atoms with Crippen molar-refractivity contribution in [3.63, 3.8) is 0 Å². The van der Waals surface area contributed by atoms with Crippen molar-refractivity contribution in [2.24, 2.45) is 5.92 Å². The number of nitrogens with zero attached hydrogens (tertiary/aromatic N) is 2. The molecule has 2 aliphatic heterocycles. The second kappa shape index (κ2) is 7.27. The minimum Gasteiger partial charge on any atom is -0.373 e. The number of fused-ring (bicyclic) bond motifs is 1. The first-order valence-corrected chi connectivity index (χ1v) is 10.8. The Bertz CT molecular complexity index is 990. The maximum absolute atomic E-state index is 13.2. The Morgan fingerprint density at radius 3 is 2.54 bits per heavy atom. The van der Waals surface area contributed by atoms with Gasteiger partial charge in [0.1, 0.15) is 0 Å². The van der Waals surface area contributed by atoms with Crippen LogP contribution in [-0.4, -0.2) is 36.8 Å². The van der Waals surface area contributed by atoms with Crippen LogP contribution in [0.15, 0.2) is 53.4 Å². The van der Waals surface area contributed by atoms with Crippen LogP contribution in [-0.2, 0) is 14.8 Å². The summed E-state index contributed by atoms with van der Waals surface area (Å²) in [6.45, 7) is 2.68. The van der Waals surface area contributed by atoms with Crippen LogP contribution in [0.2, 0.25) is 0 Å². The molecule has 0 N–H and O–H groups in total. The number of nitro groups is 1. The largest absolute Gasteiger partial charge is 0.373 e. The molecular weight excluding hydrogens is 380 g/mol. The molecule has 0 spiro atoms. The summed E-state index contributed by atoms with van der Waals surface area (Å²) < 4.78 is 33.9. The van der Waals surface area contributed by atoms with Gasteiger partial charge in [-0.3, -0.25) is 10.1 Å². The second-order valence-corrected chi connectivity index (χ2v) is 9.24. The number of aryl methyl sites for hydroxylation is 1. The van der Waals surface area contributed by atoms with Gasteiger partial charge < -0.3 is 4.74 Å². The lowest BCUT2D eigenvalue weighted by Crippen LogP contribution is -2.43. The van der Waals surface area contributed by atoms with Crippen molar-refractivity contribution < 1.29 is 18.1 Å². The Morgan fingerprint density at radius 2 is 1.82 bits per heavy atom. The summed E-state index contributed by atoms with van der Waals surface area (Å²) in [4.78, 5) is 11.3. The van der Waals surface area contributed by atoms with E-state index in [0.29, 0.717) is 31.6 Å². The molecule has 2 aliphatic rings. The molecule has 0 unspecified atom stereocenters. The number of hydrogen-bond donors (Lipinski definition) is 0.